The first-order chi connectivity index (χ1) is 12.8. The highest BCUT2D eigenvalue weighted by atomic mass is 16.6. The summed E-state index contributed by atoms with van der Waals surface area (Å²) in [6.45, 7) is 13.1. The Kier molecular flexibility index (Phi) is 10.3. The molecular formula is C19H38N6O2. The number of hydrogen-bond donors (Lipinski definition) is 2. The first-order valence-corrected chi connectivity index (χ1v) is 10.1. The van der Waals surface area contributed by atoms with E-state index in [1.807, 2.05) is 27.0 Å². The van der Waals surface area contributed by atoms with Gasteiger partial charge in [-0.05, 0) is 40.0 Å². The molecule has 0 spiro atoms. The van der Waals surface area contributed by atoms with Crippen LogP contribution in [0.3, 0.4) is 0 Å². The number of aromatic nitrogens is 3. The van der Waals surface area contributed by atoms with Gasteiger partial charge in [0.25, 0.3) is 0 Å². The second kappa shape index (κ2) is 11.9. The summed E-state index contributed by atoms with van der Waals surface area (Å²) in [4.78, 5) is 14.3. The maximum atomic E-state index is 12.5. The number of carbonyl (C=O) groups is 1. The zero-order chi connectivity index (χ0) is 20.3. The molecule has 0 saturated heterocycles. The lowest BCUT2D eigenvalue weighted by Gasteiger charge is -2.28. The van der Waals surface area contributed by atoms with Gasteiger partial charge in [0.05, 0.1) is 5.69 Å². The van der Waals surface area contributed by atoms with Crippen molar-refractivity contribution in [1.82, 2.24) is 25.2 Å². The van der Waals surface area contributed by atoms with E-state index in [-0.39, 0.29) is 6.09 Å². The molecule has 8 heteroatoms. The summed E-state index contributed by atoms with van der Waals surface area (Å²) >= 11 is 0. The molecule has 1 amide bonds. The molecule has 1 atom stereocenters. The third kappa shape index (κ3) is 9.72. The van der Waals surface area contributed by atoms with E-state index in [0.717, 1.165) is 37.9 Å². The van der Waals surface area contributed by atoms with Crippen molar-refractivity contribution < 1.29 is 9.53 Å². The predicted molar refractivity (Wildman–Crippen MR) is 107 cm³/mol. The van der Waals surface area contributed by atoms with Gasteiger partial charge in [0.1, 0.15) is 5.60 Å². The highest BCUT2D eigenvalue weighted by molar-refractivity contribution is 5.68. The summed E-state index contributed by atoms with van der Waals surface area (Å²) in [5.74, 6) is 0. The third-order valence-corrected chi connectivity index (χ3v) is 4.21. The van der Waals surface area contributed by atoms with Crippen molar-refractivity contribution in [2.45, 2.75) is 85.0 Å². The molecule has 1 heterocycles. The number of hydrogen-bond acceptors (Lipinski definition) is 6. The summed E-state index contributed by atoms with van der Waals surface area (Å²) in [5.41, 5.74) is 5.83. The molecule has 8 nitrogen and oxygen atoms in total. The lowest BCUT2D eigenvalue weighted by molar-refractivity contribution is 0.0246. The minimum atomic E-state index is -0.501. The van der Waals surface area contributed by atoms with Gasteiger partial charge in [-0.1, -0.05) is 25.5 Å². The maximum Gasteiger partial charge on any atom is 0.410 e. The highest BCUT2D eigenvalue weighted by Gasteiger charge is 2.22. The highest BCUT2D eigenvalue weighted by Crippen LogP contribution is 2.10. The zero-order valence-corrected chi connectivity index (χ0v) is 17.7. The summed E-state index contributed by atoms with van der Waals surface area (Å²) < 4.78 is 7.33. The van der Waals surface area contributed by atoms with E-state index in [1.54, 1.807) is 9.58 Å². The summed E-state index contributed by atoms with van der Waals surface area (Å²) in [7, 11) is 0. The second-order valence-corrected chi connectivity index (χ2v) is 7.85. The Morgan fingerprint density at radius 3 is 2.67 bits per heavy atom. The second-order valence-electron chi connectivity index (χ2n) is 7.85. The Morgan fingerprint density at radius 1 is 1.37 bits per heavy atom. The number of carbonyl (C=O) groups excluding carboxylic acids is 1. The molecular weight excluding hydrogens is 344 g/mol. The number of rotatable bonds is 12. The standard InChI is InChI=1S/C19H38N6O2/c1-6-9-16(7-2)21-10-13-24(18(26)27-19(3,4)5)11-8-12-25-15-17(14-20)22-23-25/h15-16,21H,6-14,20H2,1-5H3. The fourth-order valence-electron chi connectivity index (χ4n) is 2.79. The van der Waals surface area contributed by atoms with E-state index >= 15 is 0 Å². The quantitative estimate of drug-likeness (QED) is 0.576. The van der Waals surface area contributed by atoms with E-state index in [2.05, 4.69) is 29.5 Å². The average Bonchev–Trinajstić information content (AvgIpc) is 3.06. The van der Waals surface area contributed by atoms with E-state index in [1.165, 1.54) is 0 Å². The number of ether oxygens (including phenoxy) is 1. The van der Waals surface area contributed by atoms with Crippen LogP contribution in [0.1, 0.15) is 66.0 Å². The Balaban J connectivity index is 2.54. The molecule has 1 unspecified atom stereocenters. The smallest absolute Gasteiger partial charge is 0.410 e. The van der Waals surface area contributed by atoms with Crippen LogP contribution in [0.25, 0.3) is 0 Å². The van der Waals surface area contributed by atoms with Crippen molar-refractivity contribution in [3.8, 4) is 0 Å². The van der Waals surface area contributed by atoms with E-state index in [9.17, 15) is 4.79 Å². The van der Waals surface area contributed by atoms with Crippen LogP contribution < -0.4 is 11.1 Å². The van der Waals surface area contributed by atoms with Crippen LogP contribution in [0.4, 0.5) is 4.79 Å². The largest absolute Gasteiger partial charge is 0.444 e. The molecule has 0 aliphatic carbocycles. The molecule has 0 saturated carbocycles. The van der Waals surface area contributed by atoms with Crippen molar-refractivity contribution in [3.05, 3.63) is 11.9 Å². The van der Waals surface area contributed by atoms with Gasteiger partial charge in [-0.15, -0.1) is 5.10 Å². The van der Waals surface area contributed by atoms with Gasteiger partial charge in [-0.2, -0.15) is 0 Å². The Bertz CT molecular complexity index is 541. The van der Waals surface area contributed by atoms with Crippen LogP contribution >= 0.6 is 0 Å². The summed E-state index contributed by atoms with van der Waals surface area (Å²) in [6.07, 6.45) is 5.75. The fraction of sp³-hybridized carbons (Fsp3) is 0.842. The van der Waals surface area contributed by atoms with Gasteiger partial charge < -0.3 is 20.7 Å². The van der Waals surface area contributed by atoms with Crippen molar-refractivity contribution >= 4 is 6.09 Å². The van der Waals surface area contributed by atoms with Crippen molar-refractivity contribution in [3.63, 3.8) is 0 Å². The van der Waals surface area contributed by atoms with Crippen LogP contribution in [0.15, 0.2) is 6.20 Å². The van der Waals surface area contributed by atoms with Gasteiger partial charge >= 0.3 is 6.09 Å². The van der Waals surface area contributed by atoms with Crippen molar-refractivity contribution in [1.29, 1.82) is 0 Å². The molecule has 0 fully saturated rings. The molecule has 0 aliphatic heterocycles. The Morgan fingerprint density at radius 2 is 2.11 bits per heavy atom. The maximum absolute atomic E-state index is 12.5. The molecule has 0 bridgehead atoms. The van der Waals surface area contributed by atoms with E-state index in [4.69, 9.17) is 10.5 Å². The Hall–Kier alpha value is -1.67. The van der Waals surface area contributed by atoms with Crippen molar-refractivity contribution in [2.75, 3.05) is 19.6 Å². The topological polar surface area (TPSA) is 98.3 Å². The first-order valence-electron chi connectivity index (χ1n) is 10.1. The fourth-order valence-corrected chi connectivity index (χ4v) is 2.79. The van der Waals surface area contributed by atoms with Crippen molar-refractivity contribution in [2.24, 2.45) is 5.73 Å². The Labute approximate surface area is 163 Å². The first kappa shape index (κ1) is 23.4. The molecule has 156 valence electrons. The molecule has 3 N–H and O–H groups in total. The SMILES string of the molecule is CCCC(CC)NCCN(CCCn1cc(CN)nn1)C(=O)OC(C)(C)C. The van der Waals surface area contributed by atoms with Gasteiger partial charge in [-0.25, -0.2) is 4.79 Å². The van der Waals surface area contributed by atoms with Gasteiger partial charge in [0.2, 0.25) is 0 Å². The number of aryl methyl sites for hydroxylation is 1. The van der Waals surface area contributed by atoms with E-state index in [0.29, 0.717) is 32.2 Å². The zero-order valence-electron chi connectivity index (χ0n) is 17.7. The minimum absolute atomic E-state index is 0.269. The molecule has 0 aromatic carbocycles. The van der Waals surface area contributed by atoms with Crippen LogP contribution in [0.2, 0.25) is 0 Å². The van der Waals surface area contributed by atoms with Gasteiger partial charge in [-0.3, -0.25) is 4.68 Å². The van der Waals surface area contributed by atoms with Crippen LogP contribution in [-0.4, -0.2) is 57.3 Å². The van der Waals surface area contributed by atoms with Gasteiger partial charge in [0.15, 0.2) is 0 Å². The average molecular weight is 383 g/mol. The summed E-state index contributed by atoms with van der Waals surface area (Å²) in [6, 6.07) is 0.500. The number of amides is 1. The minimum Gasteiger partial charge on any atom is -0.444 e. The van der Waals surface area contributed by atoms with Crippen LogP contribution in [0, 0.1) is 0 Å². The number of nitrogens with two attached hydrogens (primary N) is 1. The molecule has 1 rings (SSSR count). The lowest BCUT2D eigenvalue weighted by Crippen LogP contribution is -2.42. The molecule has 0 aliphatic rings. The predicted octanol–water partition coefficient (Wildman–Crippen LogP) is 2.53. The monoisotopic (exact) mass is 382 g/mol. The van der Waals surface area contributed by atoms with Crippen LogP contribution in [0.5, 0.6) is 0 Å². The molecule has 1 aromatic rings. The van der Waals surface area contributed by atoms with Gasteiger partial charge in [0, 0.05) is 45.0 Å². The third-order valence-electron chi connectivity index (χ3n) is 4.21. The number of nitrogens with one attached hydrogen (secondary N) is 1. The lowest BCUT2D eigenvalue weighted by atomic mass is 10.1. The summed E-state index contributed by atoms with van der Waals surface area (Å²) in [5, 5.41) is 11.6. The molecule has 1 aromatic heterocycles. The van der Waals surface area contributed by atoms with Crippen LogP contribution in [-0.2, 0) is 17.8 Å². The normalized spacial score (nSPS) is 12.8. The molecule has 0 radical (unpaired) electrons. The van der Waals surface area contributed by atoms with E-state index < -0.39 is 5.60 Å². The molecule has 27 heavy (non-hydrogen) atoms. The number of nitrogens with zero attached hydrogens (tertiary/aromatic N) is 4.